The number of fused-ring (bicyclic) bond motifs is 5. The summed E-state index contributed by atoms with van der Waals surface area (Å²) < 4.78 is 40.2. The zero-order valence-electron chi connectivity index (χ0n) is 17.5. The van der Waals surface area contributed by atoms with E-state index in [1.165, 1.54) is 22.7 Å². The number of alkyl halides is 3. The average Bonchev–Trinajstić information content (AvgIpc) is 3.48. The number of carbonyl (C=O) groups is 3. The fraction of sp³-hybridized carbons (Fsp3) is 0.304. The lowest BCUT2D eigenvalue weighted by atomic mass is 10.1. The third-order valence-electron chi connectivity index (χ3n) is 6.38. The van der Waals surface area contributed by atoms with Crippen molar-refractivity contribution in [1.82, 2.24) is 9.80 Å². The molecular formula is C23H17F3N4O3S. The number of likely N-dealkylation sites (tertiary alicyclic amines) is 1. The summed E-state index contributed by atoms with van der Waals surface area (Å²) in [4.78, 5) is 43.8. The number of anilines is 1. The van der Waals surface area contributed by atoms with E-state index in [4.69, 9.17) is 5.26 Å². The van der Waals surface area contributed by atoms with Crippen LogP contribution in [0.3, 0.4) is 0 Å². The monoisotopic (exact) mass is 486 g/mol. The van der Waals surface area contributed by atoms with Gasteiger partial charge in [0.1, 0.15) is 6.04 Å². The number of carbonyl (C=O) groups excluding carboxylic acids is 3. The quantitative estimate of drug-likeness (QED) is 0.488. The van der Waals surface area contributed by atoms with Crippen LogP contribution in [0.15, 0.2) is 53.4 Å². The van der Waals surface area contributed by atoms with Gasteiger partial charge in [-0.15, -0.1) is 11.8 Å². The van der Waals surface area contributed by atoms with Crippen molar-refractivity contribution in [2.24, 2.45) is 0 Å². The number of hydrogen-bond donors (Lipinski definition) is 0. The Kier molecular flexibility index (Phi) is 5.28. The zero-order valence-corrected chi connectivity index (χ0v) is 18.3. The van der Waals surface area contributed by atoms with Crippen molar-refractivity contribution >= 4 is 35.3 Å². The minimum absolute atomic E-state index is 0.155. The molecule has 3 aliphatic rings. The van der Waals surface area contributed by atoms with Crippen LogP contribution in [0.4, 0.5) is 23.7 Å². The van der Waals surface area contributed by atoms with Gasteiger partial charge in [0.2, 0.25) is 5.91 Å². The van der Waals surface area contributed by atoms with Gasteiger partial charge in [0.05, 0.1) is 40.7 Å². The fourth-order valence-corrected chi connectivity index (χ4v) is 5.74. The van der Waals surface area contributed by atoms with Gasteiger partial charge in [0, 0.05) is 11.4 Å². The van der Waals surface area contributed by atoms with Gasteiger partial charge in [0.15, 0.2) is 0 Å². The number of amides is 4. The molecule has 0 saturated carbocycles. The van der Waals surface area contributed by atoms with Crippen LogP contribution in [0, 0.1) is 11.3 Å². The predicted molar refractivity (Wildman–Crippen MR) is 116 cm³/mol. The van der Waals surface area contributed by atoms with Gasteiger partial charge in [-0.25, -0.2) is 9.69 Å². The first kappa shape index (κ1) is 22.3. The second kappa shape index (κ2) is 8.06. The number of rotatable bonds is 4. The third kappa shape index (κ3) is 3.49. The smallest absolute Gasteiger partial charge is 0.334 e. The SMILES string of the molecule is N#Cc1ccc(N2C(=O)C3C4C[C@H](CN4C(=O)CSc4ccccc4)N3C2=O)cc1C(F)(F)F. The van der Waals surface area contributed by atoms with Crippen LogP contribution in [-0.2, 0) is 15.8 Å². The molecule has 0 N–H and O–H groups in total. The van der Waals surface area contributed by atoms with E-state index >= 15 is 0 Å². The highest BCUT2D eigenvalue weighted by atomic mass is 32.2. The van der Waals surface area contributed by atoms with E-state index in [1.807, 2.05) is 30.3 Å². The molecule has 0 radical (unpaired) electrons. The van der Waals surface area contributed by atoms with E-state index in [-0.39, 0.29) is 29.9 Å². The molecule has 34 heavy (non-hydrogen) atoms. The van der Waals surface area contributed by atoms with Crippen molar-refractivity contribution in [2.75, 3.05) is 17.2 Å². The summed E-state index contributed by atoms with van der Waals surface area (Å²) >= 11 is 1.37. The number of hydrogen-bond acceptors (Lipinski definition) is 5. The highest BCUT2D eigenvalue weighted by Gasteiger charge is 2.62. The van der Waals surface area contributed by atoms with Gasteiger partial charge in [0.25, 0.3) is 5.91 Å². The topological polar surface area (TPSA) is 84.7 Å². The van der Waals surface area contributed by atoms with Gasteiger partial charge in [-0.05, 0) is 36.8 Å². The molecule has 2 bridgehead atoms. The van der Waals surface area contributed by atoms with Crippen LogP contribution in [0.25, 0.3) is 0 Å². The molecular weight excluding hydrogens is 469 g/mol. The minimum Gasteiger partial charge on any atom is -0.334 e. The first-order valence-corrected chi connectivity index (χ1v) is 11.4. The molecule has 3 atom stereocenters. The Bertz CT molecular complexity index is 1230. The molecule has 174 valence electrons. The first-order chi connectivity index (χ1) is 16.2. The minimum atomic E-state index is -4.82. The van der Waals surface area contributed by atoms with E-state index in [1.54, 1.807) is 4.90 Å². The van der Waals surface area contributed by atoms with Gasteiger partial charge in [-0.1, -0.05) is 18.2 Å². The molecule has 11 heteroatoms. The van der Waals surface area contributed by atoms with Crippen molar-refractivity contribution in [3.05, 3.63) is 59.7 Å². The van der Waals surface area contributed by atoms with Crippen LogP contribution >= 0.6 is 11.8 Å². The zero-order chi connectivity index (χ0) is 24.2. The molecule has 7 nitrogen and oxygen atoms in total. The summed E-state index contributed by atoms with van der Waals surface area (Å²) in [5.74, 6) is -0.642. The maximum Gasteiger partial charge on any atom is 0.417 e. The van der Waals surface area contributed by atoms with Gasteiger partial charge >= 0.3 is 12.2 Å². The number of nitriles is 1. The Labute approximate surface area is 196 Å². The lowest BCUT2D eigenvalue weighted by Gasteiger charge is -2.34. The summed E-state index contributed by atoms with van der Waals surface area (Å²) in [7, 11) is 0. The maximum atomic E-state index is 13.4. The summed E-state index contributed by atoms with van der Waals surface area (Å²) in [6.45, 7) is 0.281. The molecule has 3 aliphatic heterocycles. The standard InChI is InChI=1S/C23H17F3N4O3S/c24-23(25,26)17-8-14(7-6-13(17)10-27)30-21(32)20-18-9-15(29(20)22(30)33)11-28(18)19(31)12-34-16-4-2-1-3-5-16/h1-8,15,18,20H,9,11-12H2/t15-,18?,20?/m1/s1. The Morgan fingerprint density at radius 1 is 1.15 bits per heavy atom. The molecule has 5 rings (SSSR count). The summed E-state index contributed by atoms with van der Waals surface area (Å²) in [5.41, 5.74) is -2.05. The lowest BCUT2D eigenvalue weighted by molar-refractivity contribution is -0.138. The lowest BCUT2D eigenvalue weighted by Crippen LogP contribution is -2.55. The van der Waals surface area contributed by atoms with Crippen molar-refractivity contribution in [2.45, 2.75) is 35.6 Å². The molecule has 2 unspecified atom stereocenters. The highest BCUT2D eigenvalue weighted by Crippen LogP contribution is 2.43. The maximum absolute atomic E-state index is 13.4. The number of thioether (sulfide) groups is 1. The van der Waals surface area contributed by atoms with Gasteiger partial charge in [-0.2, -0.15) is 18.4 Å². The molecule has 3 fully saturated rings. The Morgan fingerprint density at radius 2 is 1.88 bits per heavy atom. The number of urea groups is 1. The number of nitrogens with zero attached hydrogens (tertiary/aromatic N) is 4. The third-order valence-corrected chi connectivity index (χ3v) is 7.37. The molecule has 0 aliphatic carbocycles. The second-order valence-electron chi connectivity index (χ2n) is 8.25. The molecule has 2 aromatic carbocycles. The molecule has 3 heterocycles. The van der Waals surface area contributed by atoms with E-state index in [0.29, 0.717) is 12.5 Å². The summed E-state index contributed by atoms with van der Waals surface area (Å²) in [6.07, 6.45) is -4.36. The van der Waals surface area contributed by atoms with Crippen molar-refractivity contribution in [3.63, 3.8) is 0 Å². The van der Waals surface area contributed by atoms with E-state index in [9.17, 15) is 27.6 Å². The van der Waals surface area contributed by atoms with Crippen molar-refractivity contribution in [1.29, 1.82) is 5.26 Å². The Hall–Kier alpha value is -3.52. The molecule has 0 spiro atoms. The van der Waals surface area contributed by atoms with Crippen LogP contribution in [0.2, 0.25) is 0 Å². The van der Waals surface area contributed by atoms with Crippen LogP contribution in [0.1, 0.15) is 17.5 Å². The Balaban J connectivity index is 1.37. The molecule has 0 aromatic heterocycles. The van der Waals surface area contributed by atoms with E-state index in [2.05, 4.69) is 0 Å². The molecule has 3 saturated heterocycles. The Morgan fingerprint density at radius 3 is 2.56 bits per heavy atom. The van der Waals surface area contributed by atoms with Crippen LogP contribution in [0.5, 0.6) is 0 Å². The molecule has 4 amide bonds. The number of imide groups is 1. The van der Waals surface area contributed by atoms with E-state index in [0.717, 1.165) is 21.9 Å². The normalized spacial score (nSPS) is 23.5. The van der Waals surface area contributed by atoms with Crippen LogP contribution < -0.4 is 4.90 Å². The predicted octanol–water partition coefficient (Wildman–Crippen LogP) is 3.49. The largest absolute Gasteiger partial charge is 0.417 e. The fourth-order valence-electron chi connectivity index (χ4n) is 4.93. The van der Waals surface area contributed by atoms with Crippen LogP contribution in [-0.4, -0.2) is 58.1 Å². The first-order valence-electron chi connectivity index (χ1n) is 10.5. The number of piperazine rings is 1. The number of benzene rings is 2. The van der Waals surface area contributed by atoms with Gasteiger partial charge < -0.3 is 9.80 Å². The van der Waals surface area contributed by atoms with Crippen molar-refractivity contribution < 1.29 is 27.6 Å². The van der Waals surface area contributed by atoms with E-state index < -0.39 is 41.3 Å². The summed E-state index contributed by atoms with van der Waals surface area (Å²) in [5, 5.41) is 9.00. The van der Waals surface area contributed by atoms with Crippen molar-refractivity contribution in [3.8, 4) is 6.07 Å². The summed E-state index contributed by atoms with van der Waals surface area (Å²) in [6, 6.07) is 11.1. The average molecular weight is 486 g/mol. The highest BCUT2D eigenvalue weighted by molar-refractivity contribution is 8.00. The number of halogens is 3. The second-order valence-corrected chi connectivity index (χ2v) is 9.30. The molecule has 2 aromatic rings. The van der Waals surface area contributed by atoms with Gasteiger partial charge in [-0.3, -0.25) is 9.59 Å².